The Hall–Kier alpha value is -3.07. The number of hydrogen-bond donors (Lipinski definition) is 2. The van der Waals surface area contributed by atoms with Gasteiger partial charge < -0.3 is 20.3 Å². The molecule has 34 heavy (non-hydrogen) atoms. The molecule has 0 bridgehead atoms. The van der Waals surface area contributed by atoms with Crippen LogP contribution in [0.25, 0.3) is 0 Å². The fraction of sp³-hybridized carbons (Fsp3) is 0.560. The lowest BCUT2D eigenvalue weighted by molar-refractivity contribution is -0.139. The number of piperazine rings is 1. The first kappa shape index (κ1) is 25.6. The third kappa shape index (κ3) is 5.52. The minimum atomic E-state index is -0.588. The van der Waals surface area contributed by atoms with Crippen molar-refractivity contribution in [2.24, 2.45) is 0 Å². The fourth-order valence-corrected chi connectivity index (χ4v) is 4.56. The van der Waals surface area contributed by atoms with Crippen molar-refractivity contribution < 1.29 is 19.1 Å². The van der Waals surface area contributed by atoms with Crippen molar-refractivity contribution in [2.45, 2.75) is 52.7 Å². The summed E-state index contributed by atoms with van der Waals surface area (Å²) < 4.78 is 5.43. The molecule has 2 heterocycles. The molecule has 186 valence electrons. The van der Waals surface area contributed by atoms with E-state index in [1.54, 1.807) is 14.0 Å². The minimum absolute atomic E-state index is 0.00553. The summed E-state index contributed by atoms with van der Waals surface area (Å²) in [5.74, 6) is -0.430. The monoisotopic (exact) mass is 471 g/mol. The molecule has 0 saturated carbocycles. The van der Waals surface area contributed by atoms with Crippen molar-refractivity contribution in [1.29, 1.82) is 0 Å². The predicted molar refractivity (Wildman–Crippen MR) is 130 cm³/mol. The zero-order valence-electron chi connectivity index (χ0n) is 21.1. The Morgan fingerprint density at radius 3 is 2.56 bits per heavy atom. The molecular formula is C25H37N5O4. The smallest absolute Gasteiger partial charge is 0.338 e. The third-order valence-corrected chi connectivity index (χ3v) is 6.33. The number of nitrogens with one attached hydrogen (secondary N) is 2. The normalized spacial score (nSPS) is 21.6. The number of likely N-dealkylation sites (N-methyl/N-ethyl adjacent to an activating group) is 1. The molecule has 9 nitrogen and oxygen atoms in total. The van der Waals surface area contributed by atoms with Crippen LogP contribution in [0.4, 0.5) is 9.59 Å². The summed E-state index contributed by atoms with van der Waals surface area (Å²) in [6, 6.07) is 6.87. The van der Waals surface area contributed by atoms with Gasteiger partial charge in [-0.15, -0.1) is 0 Å². The number of ether oxygens (including phenoxy) is 1. The molecule has 0 unspecified atom stereocenters. The van der Waals surface area contributed by atoms with E-state index in [-0.39, 0.29) is 30.8 Å². The zero-order valence-corrected chi connectivity index (χ0v) is 21.1. The van der Waals surface area contributed by atoms with E-state index >= 15 is 0 Å². The molecule has 9 heteroatoms. The Kier molecular flexibility index (Phi) is 8.19. The number of nitrogens with zero attached hydrogens (tertiary/aromatic N) is 3. The first-order valence-corrected chi connectivity index (χ1v) is 11.9. The van der Waals surface area contributed by atoms with Crippen LogP contribution in [-0.2, 0) is 9.53 Å². The molecule has 1 aromatic carbocycles. The average molecular weight is 472 g/mol. The molecule has 2 N–H and O–H groups in total. The molecular weight excluding hydrogens is 434 g/mol. The Morgan fingerprint density at radius 1 is 1.24 bits per heavy atom. The van der Waals surface area contributed by atoms with Gasteiger partial charge in [-0.1, -0.05) is 24.3 Å². The molecule has 2 atom stereocenters. The number of rotatable bonds is 6. The molecule has 1 saturated heterocycles. The van der Waals surface area contributed by atoms with Crippen LogP contribution in [0.2, 0.25) is 0 Å². The van der Waals surface area contributed by atoms with Crippen molar-refractivity contribution in [2.75, 3.05) is 39.8 Å². The van der Waals surface area contributed by atoms with Gasteiger partial charge in [-0.2, -0.15) is 0 Å². The molecule has 4 amide bonds. The highest BCUT2D eigenvalue weighted by atomic mass is 16.5. The Morgan fingerprint density at radius 2 is 1.94 bits per heavy atom. The van der Waals surface area contributed by atoms with Crippen molar-refractivity contribution in [3.63, 3.8) is 0 Å². The molecule has 3 rings (SSSR count). The standard InChI is InChI=1S/C25H37N5O4/c1-7-34-23(31)21-20(15-29-12-13-30(18(5)14-29)25(33)26-16(2)3)28(6)24(32)27-22(21)19-11-9-8-10-17(19)4/h8-11,16,18,22H,7,12-15H2,1-6H3,(H,26,33)(H,27,32)/t18-,22-/m1/s1. The molecule has 1 aromatic rings. The van der Waals surface area contributed by atoms with Gasteiger partial charge in [0.05, 0.1) is 18.2 Å². The second kappa shape index (κ2) is 10.9. The lowest BCUT2D eigenvalue weighted by Crippen LogP contribution is -2.58. The van der Waals surface area contributed by atoms with Crippen molar-refractivity contribution in [3.8, 4) is 0 Å². The highest BCUT2D eigenvalue weighted by Crippen LogP contribution is 2.33. The average Bonchev–Trinajstić information content (AvgIpc) is 2.76. The molecule has 0 spiro atoms. The largest absolute Gasteiger partial charge is 0.463 e. The molecule has 0 radical (unpaired) electrons. The predicted octanol–water partition coefficient (Wildman–Crippen LogP) is 2.63. The quantitative estimate of drug-likeness (QED) is 0.622. The topological polar surface area (TPSA) is 94.2 Å². The van der Waals surface area contributed by atoms with Gasteiger partial charge in [0.15, 0.2) is 0 Å². The van der Waals surface area contributed by atoms with E-state index in [9.17, 15) is 14.4 Å². The molecule has 1 fully saturated rings. The Labute approximate surface area is 202 Å². The summed E-state index contributed by atoms with van der Waals surface area (Å²) >= 11 is 0. The first-order valence-electron chi connectivity index (χ1n) is 11.9. The summed E-state index contributed by atoms with van der Waals surface area (Å²) in [4.78, 5) is 44.1. The molecule has 0 aliphatic carbocycles. The summed E-state index contributed by atoms with van der Waals surface area (Å²) in [5.41, 5.74) is 2.93. The second-order valence-electron chi connectivity index (χ2n) is 9.26. The maximum Gasteiger partial charge on any atom is 0.338 e. The maximum absolute atomic E-state index is 13.2. The summed E-state index contributed by atoms with van der Waals surface area (Å²) in [6.07, 6.45) is 0. The molecule has 2 aliphatic heterocycles. The van der Waals surface area contributed by atoms with Gasteiger partial charge in [0, 0.05) is 51.0 Å². The molecule has 0 aromatic heterocycles. The van der Waals surface area contributed by atoms with Crippen molar-refractivity contribution >= 4 is 18.0 Å². The van der Waals surface area contributed by atoms with Crippen LogP contribution in [0.15, 0.2) is 35.5 Å². The van der Waals surface area contributed by atoms with E-state index in [1.165, 1.54) is 4.90 Å². The number of carbonyl (C=O) groups is 3. The van der Waals surface area contributed by atoms with Crippen LogP contribution in [0.5, 0.6) is 0 Å². The van der Waals surface area contributed by atoms with Gasteiger partial charge >= 0.3 is 18.0 Å². The van der Waals surface area contributed by atoms with Gasteiger partial charge in [0.25, 0.3) is 0 Å². The number of urea groups is 2. The number of aryl methyl sites for hydroxylation is 1. The third-order valence-electron chi connectivity index (χ3n) is 6.33. The first-order chi connectivity index (χ1) is 16.1. The minimum Gasteiger partial charge on any atom is -0.463 e. The van der Waals surface area contributed by atoms with E-state index in [2.05, 4.69) is 15.5 Å². The van der Waals surface area contributed by atoms with Crippen LogP contribution >= 0.6 is 0 Å². The van der Waals surface area contributed by atoms with Crippen LogP contribution < -0.4 is 10.6 Å². The number of amides is 4. The van der Waals surface area contributed by atoms with Crippen LogP contribution in [-0.4, -0.2) is 84.6 Å². The lowest BCUT2D eigenvalue weighted by atomic mass is 9.91. The van der Waals surface area contributed by atoms with Gasteiger partial charge in [0.1, 0.15) is 0 Å². The van der Waals surface area contributed by atoms with E-state index in [0.29, 0.717) is 37.4 Å². The second-order valence-corrected chi connectivity index (χ2v) is 9.26. The SMILES string of the molecule is CCOC(=O)C1=C(CN2CCN(C(=O)NC(C)C)[C@H](C)C2)N(C)C(=O)N[C@@H]1c1ccccc1C. The lowest BCUT2D eigenvalue weighted by Gasteiger charge is -2.42. The Bertz CT molecular complexity index is 960. The van der Waals surface area contributed by atoms with Crippen molar-refractivity contribution in [1.82, 2.24) is 25.3 Å². The van der Waals surface area contributed by atoms with Gasteiger partial charge in [0.2, 0.25) is 0 Å². The Balaban J connectivity index is 1.91. The highest BCUT2D eigenvalue weighted by Gasteiger charge is 2.38. The fourth-order valence-electron chi connectivity index (χ4n) is 4.56. The summed E-state index contributed by atoms with van der Waals surface area (Å²) in [6.45, 7) is 12.1. The van der Waals surface area contributed by atoms with Gasteiger partial charge in [-0.25, -0.2) is 14.4 Å². The van der Waals surface area contributed by atoms with Crippen LogP contribution in [0, 0.1) is 6.92 Å². The zero-order chi connectivity index (χ0) is 25.0. The van der Waals surface area contributed by atoms with E-state index in [1.807, 2.05) is 56.9 Å². The summed E-state index contributed by atoms with van der Waals surface area (Å²) in [7, 11) is 1.67. The van der Waals surface area contributed by atoms with Crippen LogP contribution in [0.3, 0.4) is 0 Å². The number of esters is 1. The van der Waals surface area contributed by atoms with E-state index in [0.717, 1.165) is 11.1 Å². The number of hydrogen-bond acceptors (Lipinski definition) is 5. The highest BCUT2D eigenvalue weighted by molar-refractivity contribution is 5.95. The molecule has 2 aliphatic rings. The number of benzene rings is 1. The summed E-state index contributed by atoms with van der Waals surface area (Å²) in [5, 5.41) is 5.93. The van der Waals surface area contributed by atoms with Crippen molar-refractivity contribution in [3.05, 3.63) is 46.7 Å². The van der Waals surface area contributed by atoms with E-state index < -0.39 is 12.0 Å². The van der Waals surface area contributed by atoms with Crippen LogP contribution in [0.1, 0.15) is 44.9 Å². The van der Waals surface area contributed by atoms with E-state index in [4.69, 9.17) is 4.74 Å². The number of carbonyl (C=O) groups excluding carboxylic acids is 3. The van der Waals surface area contributed by atoms with Gasteiger partial charge in [-0.3, -0.25) is 9.80 Å². The van der Waals surface area contributed by atoms with Gasteiger partial charge in [-0.05, 0) is 45.7 Å². The maximum atomic E-state index is 13.2.